The molecule has 1 aromatic rings. The van der Waals surface area contributed by atoms with Gasteiger partial charge in [-0.05, 0) is 13.0 Å². The maximum absolute atomic E-state index is 5.63. The molecule has 0 bridgehead atoms. The first-order valence-electron chi connectivity index (χ1n) is 6.21. The number of rotatable bonds is 3. The molecule has 3 heterocycles. The molecule has 2 N–H and O–H groups in total. The van der Waals surface area contributed by atoms with Crippen LogP contribution in [0.4, 0.5) is 5.82 Å². The van der Waals surface area contributed by atoms with Crippen LogP contribution < -0.4 is 10.6 Å². The highest BCUT2D eigenvalue weighted by Crippen LogP contribution is 2.27. The van der Waals surface area contributed by atoms with Crippen LogP contribution in [0.15, 0.2) is 12.4 Å². The molecular weight excluding hydrogens is 216 g/mol. The van der Waals surface area contributed by atoms with E-state index in [0.29, 0.717) is 11.8 Å². The Hall–Kier alpha value is -1.20. The van der Waals surface area contributed by atoms with Crippen LogP contribution >= 0.6 is 0 Å². The molecule has 0 amide bonds. The topological polar surface area (TPSA) is 64.3 Å². The van der Waals surface area contributed by atoms with Crippen LogP contribution in [0.3, 0.4) is 0 Å². The van der Waals surface area contributed by atoms with Crippen molar-refractivity contribution in [3.63, 3.8) is 0 Å². The molecule has 2 aliphatic heterocycles. The predicted octanol–water partition coefficient (Wildman–Crippen LogP) is 0.375. The van der Waals surface area contributed by atoms with E-state index in [9.17, 15) is 0 Å². The van der Waals surface area contributed by atoms with E-state index in [4.69, 9.17) is 10.5 Å². The number of hydrogen-bond donors (Lipinski definition) is 1. The van der Waals surface area contributed by atoms with E-state index in [1.807, 2.05) is 0 Å². The van der Waals surface area contributed by atoms with Gasteiger partial charge in [-0.15, -0.1) is 0 Å². The predicted molar refractivity (Wildman–Crippen MR) is 65.0 cm³/mol. The fourth-order valence-corrected chi connectivity index (χ4v) is 2.43. The molecule has 2 fully saturated rings. The van der Waals surface area contributed by atoms with Crippen molar-refractivity contribution in [3.05, 3.63) is 18.1 Å². The van der Waals surface area contributed by atoms with E-state index < -0.39 is 0 Å². The number of aromatic nitrogens is 2. The van der Waals surface area contributed by atoms with Gasteiger partial charge < -0.3 is 15.4 Å². The third kappa shape index (κ3) is 2.12. The summed E-state index contributed by atoms with van der Waals surface area (Å²) in [4.78, 5) is 11.0. The lowest BCUT2D eigenvalue weighted by Gasteiger charge is -2.39. The molecule has 0 saturated carbocycles. The van der Waals surface area contributed by atoms with Gasteiger partial charge in [0.05, 0.1) is 12.3 Å². The highest BCUT2D eigenvalue weighted by molar-refractivity contribution is 5.42. The van der Waals surface area contributed by atoms with Crippen molar-refractivity contribution in [2.24, 2.45) is 11.7 Å². The van der Waals surface area contributed by atoms with Gasteiger partial charge in [0.1, 0.15) is 12.1 Å². The molecule has 2 aliphatic rings. The van der Waals surface area contributed by atoms with Gasteiger partial charge in [0.25, 0.3) is 0 Å². The van der Waals surface area contributed by atoms with Gasteiger partial charge in [0.2, 0.25) is 0 Å². The third-order valence-electron chi connectivity index (χ3n) is 3.64. The van der Waals surface area contributed by atoms with Crippen LogP contribution in [0.25, 0.3) is 0 Å². The molecule has 0 aliphatic carbocycles. The van der Waals surface area contributed by atoms with Gasteiger partial charge in [-0.25, -0.2) is 9.97 Å². The third-order valence-corrected chi connectivity index (χ3v) is 3.64. The molecule has 0 spiro atoms. The molecule has 2 saturated heterocycles. The second-order valence-corrected chi connectivity index (χ2v) is 4.87. The summed E-state index contributed by atoms with van der Waals surface area (Å²) in [6, 6.07) is 2.10. The SMILES string of the molecule is NCC1CN(c2cc(C3CCOC3)ncn2)C1. The van der Waals surface area contributed by atoms with Crippen LogP contribution in [-0.2, 0) is 4.74 Å². The summed E-state index contributed by atoms with van der Waals surface area (Å²) in [5.74, 6) is 2.11. The minimum Gasteiger partial charge on any atom is -0.381 e. The quantitative estimate of drug-likeness (QED) is 0.819. The van der Waals surface area contributed by atoms with Crippen molar-refractivity contribution >= 4 is 5.82 Å². The second-order valence-electron chi connectivity index (χ2n) is 4.87. The smallest absolute Gasteiger partial charge is 0.132 e. The molecule has 92 valence electrons. The first-order chi connectivity index (χ1) is 8.36. The summed E-state index contributed by atoms with van der Waals surface area (Å²) >= 11 is 0. The first-order valence-corrected chi connectivity index (χ1v) is 6.21. The fourth-order valence-electron chi connectivity index (χ4n) is 2.43. The molecule has 1 aromatic heterocycles. The lowest BCUT2D eigenvalue weighted by atomic mass is 10.00. The van der Waals surface area contributed by atoms with Crippen molar-refractivity contribution in [1.29, 1.82) is 0 Å². The van der Waals surface area contributed by atoms with Crippen molar-refractivity contribution in [3.8, 4) is 0 Å². The van der Waals surface area contributed by atoms with Crippen molar-refractivity contribution < 1.29 is 4.74 Å². The molecule has 1 unspecified atom stereocenters. The van der Waals surface area contributed by atoms with Gasteiger partial charge >= 0.3 is 0 Å². The monoisotopic (exact) mass is 234 g/mol. The average molecular weight is 234 g/mol. The summed E-state index contributed by atoms with van der Waals surface area (Å²) in [5.41, 5.74) is 6.74. The zero-order valence-corrected chi connectivity index (χ0v) is 9.88. The van der Waals surface area contributed by atoms with Crippen LogP contribution in [0, 0.1) is 5.92 Å². The lowest BCUT2D eigenvalue weighted by molar-refractivity contribution is 0.193. The minimum absolute atomic E-state index is 0.448. The van der Waals surface area contributed by atoms with Crippen LogP contribution in [0.1, 0.15) is 18.0 Å². The van der Waals surface area contributed by atoms with Crippen LogP contribution in [0.2, 0.25) is 0 Å². The van der Waals surface area contributed by atoms with Gasteiger partial charge in [0, 0.05) is 37.6 Å². The molecule has 1 atom stereocenters. The summed E-state index contributed by atoms with van der Waals surface area (Å²) in [7, 11) is 0. The number of nitrogens with zero attached hydrogens (tertiary/aromatic N) is 3. The van der Waals surface area contributed by atoms with E-state index in [0.717, 1.165) is 50.8 Å². The fraction of sp³-hybridized carbons (Fsp3) is 0.667. The Balaban J connectivity index is 1.71. The zero-order chi connectivity index (χ0) is 11.7. The maximum Gasteiger partial charge on any atom is 0.132 e. The van der Waals surface area contributed by atoms with Gasteiger partial charge in [0.15, 0.2) is 0 Å². The lowest BCUT2D eigenvalue weighted by Crippen LogP contribution is -2.50. The van der Waals surface area contributed by atoms with Gasteiger partial charge in [-0.1, -0.05) is 0 Å². The van der Waals surface area contributed by atoms with Crippen molar-refractivity contribution in [2.75, 3.05) is 37.7 Å². The number of ether oxygens (including phenoxy) is 1. The van der Waals surface area contributed by atoms with E-state index in [1.54, 1.807) is 6.33 Å². The number of nitrogens with two attached hydrogens (primary N) is 1. The van der Waals surface area contributed by atoms with E-state index in [-0.39, 0.29) is 0 Å². The van der Waals surface area contributed by atoms with Gasteiger partial charge in [-0.3, -0.25) is 0 Å². The highest BCUT2D eigenvalue weighted by Gasteiger charge is 2.27. The van der Waals surface area contributed by atoms with E-state index in [2.05, 4.69) is 20.9 Å². The zero-order valence-electron chi connectivity index (χ0n) is 9.88. The number of hydrogen-bond acceptors (Lipinski definition) is 5. The minimum atomic E-state index is 0.448. The average Bonchev–Trinajstić information content (AvgIpc) is 2.81. The Morgan fingerprint density at radius 3 is 3.00 bits per heavy atom. The molecule has 3 rings (SSSR count). The van der Waals surface area contributed by atoms with E-state index >= 15 is 0 Å². The normalized spacial score (nSPS) is 25.0. The Kier molecular flexibility index (Phi) is 2.94. The highest BCUT2D eigenvalue weighted by atomic mass is 16.5. The Labute approximate surface area is 101 Å². The van der Waals surface area contributed by atoms with E-state index in [1.165, 1.54) is 0 Å². The standard InChI is InChI=1S/C12H18N4O/c13-4-9-5-16(6-9)12-3-11(14-8-15-12)10-1-2-17-7-10/h3,8-10H,1-2,4-7,13H2. The summed E-state index contributed by atoms with van der Waals surface area (Å²) < 4.78 is 5.40. The summed E-state index contributed by atoms with van der Waals surface area (Å²) in [6.07, 6.45) is 2.74. The number of anilines is 1. The van der Waals surface area contributed by atoms with Crippen molar-refractivity contribution in [1.82, 2.24) is 9.97 Å². The molecule has 5 nitrogen and oxygen atoms in total. The molecular formula is C12H18N4O. The molecule has 0 aromatic carbocycles. The molecule has 17 heavy (non-hydrogen) atoms. The van der Waals surface area contributed by atoms with Crippen molar-refractivity contribution in [2.45, 2.75) is 12.3 Å². The van der Waals surface area contributed by atoms with Crippen LogP contribution in [-0.4, -0.2) is 42.8 Å². The van der Waals surface area contributed by atoms with Crippen LogP contribution in [0.5, 0.6) is 0 Å². The second kappa shape index (κ2) is 4.58. The molecule has 5 heteroatoms. The van der Waals surface area contributed by atoms with Gasteiger partial charge in [-0.2, -0.15) is 0 Å². The Bertz CT molecular complexity index is 386. The maximum atomic E-state index is 5.63. The largest absolute Gasteiger partial charge is 0.381 e. The Morgan fingerprint density at radius 1 is 1.41 bits per heavy atom. The Morgan fingerprint density at radius 2 is 2.29 bits per heavy atom. The molecule has 0 radical (unpaired) electrons. The summed E-state index contributed by atoms with van der Waals surface area (Å²) in [5, 5.41) is 0. The first kappa shape index (κ1) is 10.9. The summed E-state index contributed by atoms with van der Waals surface area (Å²) in [6.45, 7) is 4.46.